The summed E-state index contributed by atoms with van der Waals surface area (Å²) in [5.74, 6) is 0.796. The average molecular weight is 251 g/mol. The lowest BCUT2D eigenvalue weighted by atomic mass is 10.1. The summed E-state index contributed by atoms with van der Waals surface area (Å²) in [4.78, 5) is 14.0. The summed E-state index contributed by atoms with van der Waals surface area (Å²) < 4.78 is 5.29. The lowest BCUT2D eigenvalue weighted by Crippen LogP contribution is -2.43. The number of hydrogen-bond acceptors (Lipinski definition) is 3. The van der Waals surface area contributed by atoms with Gasteiger partial charge in [-0.2, -0.15) is 0 Å². The number of amides is 2. The van der Waals surface area contributed by atoms with Crippen molar-refractivity contribution in [1.29, 1.82) is 0 Å². The predicted molar refractivity (Wildman–Crippen MR) is 68.2 cm³/mol. The Balaban J connectivity index is 2.05. The fourth-order valence-corrected chi connectivity index (χ4v) is 2.24. The molecule has 1 saturated heterocycles. The predicted octanol–water partition coefficient (Wildman–Crippen LogP) is 2.63. The van der Waals surface area contributed by atoms with Gasteiger partial charge in [0.25, 0.3) is 0 Å². The maximum Gasteiger partial charge on any atom is 0.318 e. The standard InChI is InChI=1S/C13H21N3O2/c1-4-9(2)14-13(17)16-7-5-6-11(16)12-8-10(3)15-18-12/h8-9,11H,4-7H2,1-3H3,(H,14,17)/t9-,11+/m1/s1. The van der Waals surface area contributed by atoms with Crippen molar-refractivity contribution in [3.63, 3.8) is 0 Å². The third-order valence-corrected chi connectivity index (χ3v) is 3.47. The fraction of sp³-hybridized carbons (Fsp3) is 0.692. The number of hydrogen-bond donors (Lipinski definition) is 1. The molecule has 2 rings (SSSR count). The molecule has 0 radical (unpaired) electrons. The Morgan fingerprint density at radius 1 is 1.72 bits per heavy atom. The fourth-order valence-electron chi connectivity index (χ4n) is 2.24. The van der Waals surface area contributed by atoms with Crippen LogP contribution in [0.4, 0.5) is 4.79 Å². The zero-order chi connectivity index (χ0) is 13.1. The van der Waals surface area contributed by atoms with Gasteiger partial charge in [0, 0.05) is 18.7 Å². The maximum absolute atomic E-state index is 12.2. The highest BCUT2D eigenvalue weighted by atomic mass is 16.5. The second-order valence-electron chi connectivity index (χ2n) is 4.98. The van der Waals surface area contributed by atoms with Crippen LogP contribution >= 0.6 is 0 Å². The van der Waals surface area contributed by atoms with Crippen LogP contribution in [0, 0.1) is 6.92 Å². The molecule has 2 amide bonds. The van der Waals surface area contributed by atoms with Gasteiger partial charge in [0.2, 0.25) is 0 Å². The van der Waals surface area contributed by atoms with Crippen LogP contribution in [-0.4, -0.2) is 28.7 Å². The molecule has 0 aromatic carbocycles. The zero-order valence-electron chi connectivity index (χ0n) is 11.3. The topological polar surface area (TPSA) is 58.4 Å². The average Bonchev–Trinajstić information content (AvgIpc) is 2.96. The van der Waals surface area contributed by atoms with Crippen molar-refractivity contribution >= 4 is 6.03 Å². The molecule has 5 nitrogen and oxygen atoms in total. The van der Waals surface area contributed by atoms with Crippen molar-refractivity contribution in [2.45, 2.75) is 52.1 Å². The number of likely N-dealkylation sites (tertiary alicyclic amines) is 1. The Morgan fingerprint density at radius 3 is 3.11 bits per heavy atom. The molecular formula is C13H21N3O2. The Labute approximate surface area is 108 Å². The highest BCUT2D eigenvalue weighted by Crippen LogP contribution is 2.32. The van der Waals surface area contributed by atoms with Gasteiger partial charge in [-0.05, 0) is 33.1 Å². The molecule has 5 heteroatoms. The van der Waals surface area contributed by atoms with E-state index >= 15 is 0 Å². The molecule has 0 spiro atoms. The van der Waals surface area contributed by atoms with Gasteiger partial charge in [-0.3, -0.25) is 0 Å². The van der Waals surface area contributed by atoms with Crippen LogP contribution in [0.15, 0.2) is 10.6 Å². The number of nitrogens with zero attached hydrogens (tertiary/aromatic N) is 2. The minimum atomic E-state index is 0.000836. The molecule has 18 heavy (non-hydrogen) atoms. The van der Waals surface area contributed by atoms with E-state index in [0.29, 0.717) is 0 Å². The third kappa shape index (κ3) is 2.66. The normalized spacial score (nSPS) is 21.1. The van der Waals surface area contributed by atoms with Crippen LogP contribution in [0.1, 0.15) is 50.6 Å². The van der Waals surface area contributed by atoms with Crippen LogP contribution in [0.2, 0.25) is 0 Å². The number of nitrogens with one attached hydrogen (secondary N) is 1. The van der Waals surface area contributed by atoms with E-state index in [1.54, 1.807) is 0 Å². The van der Waals surface area contributed by atoms with Crippen LogP contribution < -0.4 is 5.32 Å². The SMILES string of the molecule is CC[C@@H](C)NC(=O)N1CCC[C@H]1c1cc(C)no1. The van der Waals surface area contributed by atoms with Gasteiger partial charge in [-0.25, -0.2) is 4.79 Å². The Hall–Kier alpha value is -1.52. The van der Waals surface area contributed by atoms with E-state index in [9.17, 15) is 4.79 Å². The second kappa shape index (κ2) is 5.42. The lowest BCUT2D eigenvalue weighted by Gasteiger charge is -2.24. The smallest absolute Gasteiger partial charge is 0.318 e. The van der Waals surface area contributed by atoms with E-state index in [2.05, 4.69) is 17.4 Å². The summed E-state index contributed by atoms with van der Waals surface area (Å²) in [6.07, 6.45) is 2.90. The Bertz CT molecular complexity index is 416. The Morgan fingerprint density at radius 2 is 2.50 bits per heavy atom. The minimum absolute atomic E-state index is 0.000836. The first kappa shape index (κ1) is 12.9. The molecule has 1 N–H and O–H groups in total. The van der Waals surface area contributed by atoms with Crippen molar-refractivity contribution in [1.82, 2.24) is 15.4 Å². The van der Waals surface area contributed by atoms with Crippen molar-refractivity contribution in [2.75, 3.05) is 6.54 Å². The number of carbonyl (C=O) groups is 1. The summed E-state index contributed by atoms with van der Waals surface area (Å²) in [5, 5.41) is 6.90. The number of aromatic nitrogens is 1. The molecule has 0 aliphatic carbocycles. The van der Waals surface area contributed by atoms with E-state index in [-0.39, 0.29) is 18.1 Å². The number of urea groups is 1. The molecule has 0 unspecified atom stereocenters. The first-order valence-corrected chi connectivity index (χ1v) is 6.62. The van der Waals surface area contributed by atoms with E-state index in [4.69, 9.17) is 4.52 Å². The molecule has 1 aliphatic heterocycles. The van der Waals surface area contributed by atoms with Crippen molar-refractivity contribution in [3.05, 3.63) is 17.5 Å². The van der Waals surface area contributed by atoms with E-state index < -0.39 is 0 Å². The zero-order valence-corrected chi connectivity index (χ0v) is 11.3. The molecule has 1 fully saturated rings. The lowest BCUT2D eigenvalue weighted by molar-refractivity contribution is 0.179. The molecule has 2 heterocycles. The molecular weight excluding hydrogens is 230 g/mol. The molecule has 0 saturated carbocycles. The molecule has 2 atom stereocenters. The maximum atomic E-state index is 12.2. The number of carbonyl (C=O) groups excluding carboxylic acids is 1. The van der Waals surface area contributed by atoms with E-state index in [0.717, 1.165) is 37.3 Å². The van der Waals surface area contributed by atoms with Crippen LogP contribution in [0.25, 0.3) is 0 Å². The largest absolute Gasteiger partial charge is 0.359 e. The van der Waals surface area contributed by atoms with Gasteiger partial charge in [-0.15, -0.1) is 0 Å². The summed E-state index contributed by atoms with van der Waals surface area (Å²) >= 11 is 0. The van der Waals surface area contributed by atoms with E-state index in [1.807, 2.05) is 24.8 Å². The van der Waals surface area contributed by atoms with Crippen LogP contribution in [-0.2, 0) is 0 Å². The number of aryl methyl sites for hydroxylation is 1. The monoisotopic (exact) mass is 251 g/mol. The van der Waals surface area contributed by atoms with Gasteiger partial charge in [0.15, 0.2) is 5.76 Å². The first-order valence-electron chi connectivity index (χ1n) is 6.62. The third-order valence-electron chi connectivity index (χ3n) is 3.47. The molecule has 0 bridgehead atoms. The Kier molecular flexibility index (Phi) is 3.89. The van der Waals surface area contributed by atoms with E-state index in [1.165, 1.54) is 0 Å². The van der Waals surface area contributed by atoms with Gasteiger partial charge >= 0.3 is 6.03 Å². The minimum Gasteiger partial charge on any atom is -0.359 e. The van der Waals surface area contributed by atoms with Gasteiger partial charge in [0.1, 0.15) is 0 Å². The second-order valence-corrected chi connectivity index (χ2v) is 4.98. The molecule has 100 valence electrons. The van der Waals surface area contributed by atoms with Gasteiger partial charge < -0.3 is 14.7 Å². The summed E-state index contributed by atoms with van der Waals surface area (Å²) in [5.41, 5.74) is 0.860. The van der Waals surface area contributed by atoms with Crippen LogP contribution in [0.3, 0.4) is 0 Å². The highest BCUT2D eigenvalue weighted by molar-refractivity contribution is 5.75. The van der Waals surface area contributed by atoms with Crippen molar-refractivity contribution in [3.8, 4) is 0 Å². The van der Waals surface area contributed by atoms with Crippen molar-refractivity contribution < 1.29 is 9.32 Å². The summed E-state index contributed by atoms with van der Waals surface area (Å²) in [7, 11) is 0. The quantitative estimate of drug-likeness (QED) is 0.898. The highest BCUT2D eigenvalue weighted by Gasteiger charge is 2.32. The first-order chi connectivity index (χ1) is 8.61. The molecule has 1 aromatic heterocycles. The van der Waals surface area contributed by atoms with Gasteiger partial charge in [0.05, 0.1) is 11.7 Å². The van der Waals surface area contributed by atoms with Gasteiger partial charge in [-0.1, -0.05) is 12.1 Å². The molecule has 1 aromatic rings. The summed E-state index contributed by atoms with van der Waals surface area (Å²) in [6, 6.07) is 2.16. The summed E-state index contributed by atoms with van der Waals surface area (Å²) in [6.45, 7) is 6.76. The van der Waals surface area contributed by atoms with Crippen molar-refractivity contribution in [2.24, 2.45) is 0 Å². The van der Waals surface area contributed by atoms with Crippen LogP contribution in [0.5, 0.6) is 0 Å². The molecule has 1 aliphatic rings. The number of rotatable bonds is 3.